The van der Waals surface area contributed by atoms with Gasteiger partial charge < -0.3 is 26.8 Å². The maximum Gasteiger partial charge on any atom is 0.227 e. The lowest BCUT2D eigenvalue weighted by molar-refractivity contribution is -0.683. The molecule has 0 aliphatic carbocycles. The minimum Gasteiger partial charge on any atom is -1.00 e. The summed E-state index contributed by atoms with van der Waals surface area (Å²) in [5, 5.41) is 9.46. The maximum absolute atomic E-state index is 12.0. The summed E-state index contributed by atoms with van der Waals surface area (Å²) in [6, 6.07) is 10.2. The predicted octanol–water partition coefficient (Wildman–Crippen LogP) is -1.42. The number of Topliss-reactive ketones (excluding diaryl/α,β-unsaturated/α-hetero) is 1. The molecule has 1 N–H and O–H groups in total. The molecule has 0 saturated heterocycles. The topological polar surface area (TPSA) is 50.4 Å². The molecule has 1 heterocycles. The second-order valence-electron chi connectivity index (χ2n) is 3.86. The normalized spacial score (nSPS) is 9.53. The van der Waals surface area contributed by atoms with Crippen molar-refractivity contribution in [1.82, 2.24) is 0 Å². The Hall–Kier alpha value is -1.88. The molecule has 0 unspecified atom stereocenters. The predicted molar refractivity (Wildman–Crippen MR) is 65.6 cm³/mol. The van der Waals surface area contributed by atoms with Crippen molar-refractivity contribution < 1.29 is 36.2 Å². The molecule has 0 aliphatic heterocycles. The first-order valence-corrected chi connectivity index (χ1v) is 5.55. The lowest BCUT2D eigenvalue weighted by atomic mass is 10.1. The molecule has 0 radical (unpaired) electrons. The van der Waals surface area contributed by atoms with Crippen molar-refractivity contribution in [2.45, 2.75) is 6.54 Å². The van der Waals surface area contributed by atoms with Gasteiger partial charge in [0.2, 0.25) is 12.3 Å². The van der Waals surface area contributed by atoms with E-state index < -0.39 is 0 Å². The van der Waals surface area contributed by atoms with Crippen LogP contribution in [0.25, 0.3) is 0 Å². The van der Waals surface area contributed by atoms with E-state index in [4.69, 9.17) is 4.74 Å². The second kappa shape index (κ2) is 6.89. The Balaban J connectivity index is 0.00000180. The number of hydrogen-bond donors (Lipinski definition) is 1. The molecule has 0 spiro atoms. The molecule has 1 aromatic carbocycles. The number of phenols is 1. The number of methoxy groups -OCH3 is 1. The van der Waals surface area contributed by atoms with Gasteiger partial charge in [-0.2, -0.15) is 4.57 Å². The Bertz CT molecular complexity index is 558. The van der Waals surface area contributed by atoms with Gasteiger partial charge in [-0.3, -0.25) is 4.79 Å². The van der Waals surface area contributed by atoms with Gasteiger partial charge in [0.15, 0.2) is 23.9 Å². The van der Waals surface area contributed by atoms with E-state index in [1.807, 2.05) is 30.6 Å². The van der Waals surface area contributed by atoms with Crippen LogP contribution in [-0.4, -0.2) is 18.0 Å². The van der Waals surface area contributed by atoms with E-state index in [-0.39, 0.29) is 35.1 Å². The summed E-state index contributed by atoms with van der Waals surface area (Å²) in [6.45, 7) is 0.259. The van der Waals surface area contributed by atoms with Crippen molar-refractivity contribution in [1.29, 1.82) is 0 Å². The second-order valence-corrected chi connectivity index (χ2v) is 3.86. The number of pyridine rings is 1. The lowest BCUT2D eigenvalue weighted by Crippen LogP contribution is -3.00. The number of ether oxygens (including phenoxy) is 1. The summed E-state index contributed by atoms with van der Waals surface area (Å²) in [5.74, 6) is 0.296. The zero-order valence-corrected chi connectivity index (χ0v) is 12.0. The van der Waals surface area contributed by atoms with Gasteiger partial charge in [0.1, 0.15) is 0 Å². The maximum atomic E-state index is 12.0. The average molecular weight is 324 g/mol. The Morgan fingerprint density at radius 3 is 2.58 bits per heavy atom. The summed E-state index contributed by atoms with van der Waals surface area (Å²) >= 11 is 0. The average Bonchev–Trinajstić information content (AvgIpc) is 2.40. The zero-order chi connectivity index (χ0) is 13.0. The first-order chi connectivity index (χ1) is 8.70. The molecular formula is C14H14BrNO3. The van der Waals surface area contributed by atoms with Gasteiger partial charge >= 0.3 is 0 Å². The van der Waals surface area contributed by atoms with Crippen LogP contribution >= 0.6 is 0 Å². The summed E-state index contributed by atoms with van der Waals surface area (Å²) in [6.07, 6.45) is 3.66. The van der Waals surface area contributed by atoms with Gasteiger partial charge in [0.05, 0.1) is 7.11 Å². The Labute approximate surface area is 122 Å². The van der Waals surface area contributed by atoms with E-state index in [1.165, 1.54) is 13.2 Å². The van der Waals surface area contributed by atoms with Gasteiger partial charge in [0, 0.05) is 17.7 Å². The summed E-state index contributed by atoms with van der Waals surface area (Å²) in [4.78, 5) is 12.0. The third-order valence-corrected chi connectivity index (χ3v) is 2.61. The third kappa shape index (κ3) is 3.79. The summed E-state index contributed by atoms with van der Waals surface area (Å²) in [5.41, 5.74) is 0.515. The van der Waals surface area contributed by atoms with Crippen molar-refractivity contribution in [2.24, 2.45) is 0 Å². The van der Waals surface area contributed by atoms with Crippen LogP contribution in [0.4, 0.5) is 0 Å². The Morgan fingerprint density at radius 1 is 1.26 bits per heavy atom. The first kappa shape index (κ1) is 15.2. The molecule has 0 fully saturated rings. The fraction of sp³-hybridized carbons (Fsp3) is 0.143. The molecule has 2 rings (SSSR count). The molecule has 0 amide bonds. The van der Waals surface area contributed by atoms with E-state index in [1.54, 1.807) is 16.7 Å². The molecule has 100 valence electrons. The van der Waals surface area contributed by atoms with Crippen LogP contribution in [0, 0.1) is 0 Å². The SMILES string of the molecule is COc1cc(C(=O)C[n+]2ccccc2)ccc1O.[Br-]. The Kier molecular flexibility index (Phi) is 5.51. The van der Waals surface area contributed by atoms with Gasteiger partial charge in [-0.05, 0) is 18.2 Å². The summed E-state index contributed by atoms with van der Waals surface area (Å²) in [7, 11) is 1.45. The number of hydrogen-bond acceptors (Lipinski definition) is 3. The minimum absolute atomic E-state index is 0. The first-order valence-electron chi connectivity index (χ1n) is 5.55. The van der Waals surface area contributed by atoms with E-state index in [0.717, 1.165) is 0 Å². The smallest absolute Gasteiger partial charge is 0.227 e. The van der Waals surface area contributed by atoms with Crippen molar-refractivity contribution in [3.63, 3.8) is 0 Å². The number of halogens is 1. The Morgan fingerprint density at radius 2 is 1.95 bits per heavy atom. The fourth-order valence-corrected chi connectivity index (χ4v) is 1.65. The highest BCUT2D eigenvalue weighted by atomic mass is 79.9. The minimum atomic E-state index is -0.0375. The number of ketones is 1. The molecule has 1 aromatic heterocycles. The van der Waals surface area contributed by atoms with Gasteiger partial charge in [0.25, 0.3) is 0 Å². The molecule has 0 saturated carbocycles. The van der Waals surface area contributed by atoms with E-state index in [9.17, 15) is 9.90 Å². The van der Waals surface area contributed by atoms with Crippen molar-refractivity contribution in [3.8, 4) is 11.5 Å². The quantitative estimate of drug-likeness (QED) is 0.555. The highest BCUT2D eigenvalue weighted by Gasteiger charge is 2.13. The largest absolute Gasteiger partial charge is 1.00 e. The van der Waals surface area contributed by atoms with Crippen LogP contribution < -0.4 is 26.3 Å². The van der Waals surface area contributed by atoms with Gasteiger partial charge in [-0.25, -0.2) is 0 Å². The number of nitrogens with zero attached hydrogens (tertiary/aromatic N) is 1. The van der Waals surface area contributed by atoms with Crippen molar-refractivity contribution in [2.75, 3.05) is 7.11 Å². The molecule has 0 aliphatic rings. The van der Waals surface area contributed by atoms with Crippen LogP contribution in [-0.2, 0) is 6.54 Å². The van der Waals surface area contributed by atoms with Crippen LogP contribution in [0.3, 0.4) is 0 Å². The summed E-state index contributed by atoms with van der Waals surface area (Å²) < 4.78 is 6.77. The van der Waals surface area contributed by atoms with Crippen LogP contribution in [0.5, 0.6) is 11.5 Å². The van der Waals surface area contributed by atoms with Gasteiger partial charge in [-0.15, -0.1) is 0 Å². The number of phenolic OH excluding ortho intramolecular Hbond substituents is 1. The molecule has 0 bridgehead atoms. The molecule has 19 heavy (non-hydrogen) atoms. The van der Waals surface area contributed by atoms with Gasteiger partial charge in [-0.1, -0.05) is 6.07 Å². The lowest BCUT2D eigenvalue weighted by Gasteiger charge is -2.04. The highest BCUT2D eigenvalue weighted by Crippen LogP contribution is 2.26. The van der Waals surface area contributed by atoms with E-state index in [0.29, 0.717) is 11.3 Å². The molecular weight excluding hydrogens is 310 g/mol. The number of benzene rings is 1. The van der Waals surface area contributed by atoms with Crippen LogP contribution in [0.15, 0.2) is 48.8 Å². The number of aromatic nitrogens is 1. The van der Waals surface area contributed by atoms with E-state index >= 15 is 0 Å². The van der Waals surface area contributed by atoms with Crippen molar-refractivity contribution >= 4 is 5.78 Å². The van der Waals surface area contributed by atoms with Crippen LogP contribution in [0.1, 0.15) is 10.4 Å². The number of carbonyl (C=O) groups is 1. The molecule has 5 heteroatoms. The number of aromatic hydroxyl groups is 1. The number of carbonyl (C=O) groups excluding carboxylic acids is 1. The third-order valence-electron chi connectivity index (χ3n) is 2.61. The standard InChI is InChI=1S/C14H13NO3.BrH/c1-18-14-9-11(5-6-12(14)16)13(17)10-15-7-3-2-4-8-15;/h2-9H,10H2,1H3;1H. The molecule has 4 nitrogen and oxygen atoms in total. The van der Waals surface area contributed by atoms with Crippen molar-refractivity contribution in [3.05, 3.63) is 54.4 Å². The highest BCUT2D eigenvalue weighted by molar-refractivity contribution is 5.95. The monoisotopic (exact) mass is 323 g/mol. The zero-order valence-electron chi connectivity index (χ0n) is 10.4. The molecule has 0 atom stereocenters. The molecule has 2 aromatic rings. The number of rotatable bonds is 4. The van der Waals surface area contributed by atoms with Crippen LogP contribution in [0.2, 0.25) is 0 Å². The fourth-order valence-electron chi connectivity index (χ4n) is 1.65. The van der Waals surface area contributed by atoms with E-state index in [2.05, 4.69) is 0 Å².